The first-order valence-corrected chi connectivity index (χ1v) is 11.2. The largest absolute Gasteiger partial charge is 0.459 e. The SMILES string of the molecule is Cc1ccc(-c2ccc([C@H]3[C@H](c4ccccn4)NC(=S)N3CCCN(C)C)o2)cc1Cl. The molecule has 1 fully saturated rings. The molecule has 2 atom stereocenters. The Kier molecular flexibility index (Phi) is 6.60. The molecule has 1 N–H and O–H groups in total. The van der Waals surface area contributed by atoms with Crippen molar-refractivity contribution >= 4 is 28.9 Å². The number of thiocarbonyl (C=S) groups is 1. The quantitative estimate of drug-likeness (QED) is 0.493. The highest BCUT2D eigenvalue weighted by Gasteiger charge is 2.41. The fourth-order valence-corrected chi connectivity index (χ4v) is 4.44. The zero-order valence-electron chi connectivity index (χ0n) is 18.0. The number of benzene rings is 1. The van der Waals surface area contributed by atoms with Crippen LogP contribution in [0.3, 0.4) is 0 Å². The maximum Gasteiger partial charge on any atom is 0.170 e. The Morgan fingerprint density at radius 2 is 2.03 bits per heavy atom. The van der Waals surface area contributed by atoms with E-state index in [9.17, 15) is 0 Å². The van der Waals surface area contributed by atoms with Crippen LogP contribution >= 0.6 is 23.8 Å². The predicted molar refractivity (Wildman–Crippen MR) is 129 cm³/mol. The van der Waals surface area contributed by atoms with Crippen molar-refractivity contribution in [3.05, 3.63) is 76.8 Å². The molecule has 2 aromatic heterocycles. The number of aromatic nitrogens is 1. The van der Waals surface area contributed by atoms with Crippen molar-refractivity contribution < 1.29 is 4.42 Å². The van der Waals surface area contributed by atoms with E-state index >= 15 is 0 Å². The number of pyridine rings is 1. The summed E-state index contributed by atoms with van der Waals surface area (Å²) in [5, 5.41) is 4.94. The van der Waals surface area contributed by atoms with Crippen LogP contribution in [0.1, 0.15) is 35.5 Å². The van der Waals surface area contributed by atoms with Crippen molar-refractivity contribution in [2.24, 2.45) is 0 Å². The molecule has 0 unspecified atom stereocenters. The molecule has 1 aliphatic rings. The van der Waals surface area contributed by atoms with Crippen LogP contribution in [0.25, 0.3) is 11.3 Å². The third kappa shape index (κ3) is 4.76. The molecule has 1 aromatic carbocycles. The van der Waals surface area contributed by atoms with Crippen molar-refractivity contribution in [1.82, 2.24) is 20.1 Å². The van der Waals surface area contributed by atoms with Crippen LogP contribution in [0, 0.1) is 6.92 Å². The lowest BCUT2D eigenvalue weighted by Crippen LogP contribution is -2.32. The van der Waals surface area contributed by atoms with E-state index in [0.717, 1.165) is 58.0 Å². The molecule has 31 heavy (non-hydrogen) atoms. The topological polar surface area (TPSA) is 44.5 Å². The van der Waals surface area contributed by atoms with Gasteiger partial charge in [0.2, 0.25) is 0 Å². The van der Waals surface area contributed by atoms with Crippen LogP contribution in [-0.2, 0) is 0 Å². The number of rotatable bonds is 7. The van der Waals surface area contributed by atoms with Crippen molar-refractivity contribution in [3.8, 4) is 11.3 Å². The molecule has 1 aliphatic heterocycles. The third-order valence-electron chi connectivity index (χ3n) is 5.58. The maximum absolute atomic E-state index is 6.37. The Morgan fingerprint density at radius 1 is 1.19 bits per heavy atom. The van der Waals surface area contributed by atoms with Gasteiger partial charge in [0.05, 0.1) is 11.7 Å². The summed E-state index contributed by atoms with van der Waals surface area (Å²) in [6.45, 7) is 3.82. The lowest BCUT2D eigenvalue weighted by Gasteiger charge is -2.26. The van der Waals surface area contributed by atoms with E-state index in [0.29, 0.717) is 0 Å². The lowest BCUT2D eigenvalue weighted by atomic mass is 10.0. The van der Waals surface area contributed by atoms with Crippen LogP contribution in [-0.4, -0.2) is 47.1 Å². The van der Waals surface area contributed by atoms with E-state index in [1.807, 2.05) is 61.7 Å². The van der Waals surface area contributed by atoms with Crippen LogP contribution in [0.5, 0.6) is 0 Å². The third-order valence-corrected chi connectivity index (χ3v) is 6.34. The van der Waals surface area contributed by atoms with Crippen molar-refractivity contribution in [2.75, 3.05) is 27.2 Å². The molecule has 4 rings (SSSR count). The van der Waals surface area contributed by atoms with Gasteiger partial charge in [0.1, 0.15) is 17.6 Å². The first kappa shape index (κ1) is 21.8. The first-order valence-electron chi connectivity index (χ1n) is 10.4. The number of hydrogen-bond acceptors (Lipinski definition) is 4. The van der Waals surface area contributed by atoms with Crippen LogP contribution in [0.2, 0.25) is 5.02 Å². The van der Waals surface area contributed by atoms with Gasteiger partial charge in [-0.2, -0.15) is 0 Å². The zero-order valence-corrected chi connectivity index (χ0v) is 19.6. The van der Waals surface area contributed by atoms with Gasteiger partial charge in [0.15, 0.2) is 5.11 Å². The minimum absolute atomic E-state index is 0.0702. The van der Waals surface area contributed by atoms with Gasteiger partial charge in [0.25, 0.3) is 0 Å². The Morgan fingerprint density at radius 3 is 2.74 bits per heavy atom. The summed E-state index contributed by atoms with van der Waals surface area (Å²) in [6.07, 6.45) is 2.81. The molecule has 5 nitrogen and oxygen atoms in total. The average molecular weight is 455 g/mol. The molecular weight excluding hydrogens is 428 g/mol. The van der Waals surface area contributed by atoms with E-state index in [1.54, 1.807) is 0 Å². The summed E-state index contributed by atoms with van der Waals surface area (Å²) in [5.74, 6) is 1.65. The lowest BCUT2D eigenvalue weighted by molar-refractivity contribution is 0.261. The highest BCUT2D eigenvalue weighted by Crippen LogP contribution is 2.40. The second-order valence-electron chi connectivity index (χ2n) is 8.14. The number of halogens is 1. The molecule has 3 heterocycles. The molecule has 162 valence electrons. The summed E-state index contributed by atoms with van der Waals surface area (Å²) < 4.78 is 6.37. The number of nitrogens with zero attached hydrogens (tertiary/aromatic N) is 3. The minimum Gasteiger partial charge on any atom is -0.459 e. The van der Waals surface area contributed by atoms with E-state index in [1.165, 1.54) is 0 Å². The highest BCUT2D eigenvalue weighted by molar-refractivity contribution is 7.80. The average Bonchev–Trinajstić information content (AvgIpc) is 3.35. The minimum atomic E-state index is -0.0753. The van der Waals surface area contributed by atoms with Crippen LogP contribution < -0.4 is 5.32 Å². The van der Waals surface area contributed by atoms with Crippen LogP contribution in [0.15, 0.2) is 59.1 Å². The highest BCUT2D eigenvalue weighted by atomic mass is 35.5. The number of aryl methyl sites for hydroxylation is 1. The van der Waals surface area contributed by atoms with Gasteiger partial charge in [-0.05, 0) is 82.1 Å². The van der Waals surface area contributed by atoms with E-state index in [2.05, 4.69) is 34.2 Å². The Hall–Kier alpha value is -2.41. The monoisotopic (exact) mass is 454 g/mol. The molecule has 0 radical (unpaired) electrons. The van der Waals surface area contributed by atoms with Gasteiger partial charge in [0, 0.05) is 23.3 Å². The predicted octanol–water partition coefficient (Wildman–Crippen LogP) is 5.23. The molecule has 0 saturated carbocycles. The molecule has 1 saturated heterocycles. The smallest absolute Gasteiger partial charge is 0.170 e. The fourth-order valence-electron chi connectivity index (χ4n) is 3.93. The number of furan rings is 1. The normalized spacial score (nSPS) is 18.6. The van der Waals surface area contributed by atoms with Crippen molar-refractivity contribution in [3.63, 3.8) is 0 Å². The summed E-state index contributed by atoms with van der Waals surface area (Å²) in [4.78, 5) is 8.99. The number of hydrogen-bond donors (Lipinski definition) is 1. The van der Waals surface area contributed by atoms with E-state index in [4.69, 9.17) is 28.2 Å². The van der Waals surface area contributed by atoms with E-state index in [-0.39, 0.29) is 12.1 Å². The van der Waals surface area contributed by atoms with Gasteiger partial charge >= 0.3 is 0 Å². The fraction of sp³-hybridized carbons (Fsp3) is 0.333. The van der Waals surface area contributed by atoms with E-state index < -0.39 is 0 Å². The van der Waals surface area contributed by atoms with Crippen molar-refractivity contribution in [1.29, 1.82) is 0 Å². The molecule has 7 heteroatoms. The molecule has 3 aromatic rings. The summed E-state index contributed by atoms with van der Waals surface area (Å²) in [6, 6.07) is 15.8. The Bertz CT molecular complexity index is 1050. The second kappa shape index (κ2) is 9.39. The van der Waals surface area contributed by atoms with Gasteiger partial charge in [-0.1, -0.05) is 29.8 Å². The summed E-state index contributed by atoms with van der Waals surface area (Å²) >= 11 is 12.1. The second-order valence-corrected chi connectivity index (χ2v) is 8.94. The Labute approximate surface area is 194 Å². The molecule has 0 amide bonds. The zero-order chi connectivity index (χ0) is 22.0. The molecule has 0 spiro atoms. The summed E-state index contributed by atoms with van der Waals surface area (Å²) in [5.41, 5.74) is 2.95. The van der Waals surface area contributed by atoms with Crippen molar-refractivity contribution in [2.45, 2.75) is 25.4 Å². The Balaban J connectivity index is 1.67. The first-order chi connectivity index (χ1) is 14.9. The van der Waals surface area contributed by atoms with Gasteiger partial charge in [-0.25, -0.2) is 0 Å². The summed E-state index contributed by atoms with van der Waals surface area (Å²) in [7, 11) is 4.17. The van der Waals surface area contributed by atoms with Crippen LogP contribution in [0.4, 0.5) is 0 Å². The van der Waals surface area contributed by atoms with Gasteiger partial charge in [-0.15, -0.1) is 0 Å². The molecule has 0 bridgehead atoms. The van der Waals surface area contributed by atoms with Gasteiger partial charge < -0.3 is 19.5 Å². The molecule has 0 aliphatic carbocycles. The number of nitrogens with one attached hydrogen (secondary N) is 1. The maximum atomic E-state index is 6.37. The van der Waals surface area contributed by atoms with Gasteiger partial charge in [-0.3, -0.25) is 4.98 Å². The molecular formula is C24H27ClN4OS. The standard InChI is InChI=1S/C24H27ClN4OS/c1-16-8-9-17(15-18(16)25)20-10-11-21(30-20)23-22(19-7-4-5-12-26-19)27-24(31)29(23)14-6-13-28(2)3/h4-5,7-12,15,22-23H,6,13-14H2,1-3H3,(H,27,31)/t22-,23-/m0/s1.